The maximum atomic E-state index is 5.74. The van der Waals surface area contributed by atoms with Gasteiger partial charge in [-0.25, -0.2) is 0 Å². The Morgan fingerprint density at radius 2 is 1.70 bits per heavy atom. The molecule has 0 amide bonds. The summed E-state index contributed by atoms with van der Waals surface area (Å²) in [6.07, 6.45) is 0. The van der Waals surface area contributed by atoms with Gasteiger partial charge in [-0.2, -0.15) is 15.0 Å². The van der Waals surface area contributed by atoms with Gasteiger partial charge in [0.15, 0.2) is 5.82 Å². The Morgan fingerprint density at radius 3 is 2.43 bits per heavy atom. The molecule has 1 aromatic heterocycles. The van der Waals surface area contributed by atoms with Gasteiger partial charge in [0.1, 0.15) is 12.4 Å². The third-order valence-corrected chi connectivity index (χ3v) is 3.44. The largest absolute Gasteiger partial charge is 0.486 e. The summed E-state index contributed by atoms with van der Waals surface area (Å²) in [6, 6.07) is 17.1. The Morgan fingerprint density at radius 1 is 0.957 bits per heavy atom. The molecule has 2 aromatic carbocycles. The molecule has 3 aromatic rings. The number of para-hydroxylation sites is 1. The molecule has 0 bridgehead atoms. The van der Waals surface area contributed by atoms with Crippen LogP contribution in [0.4, 0.5) is 17.6 Å². The third-order valence-electron chi connectivity index (χ3n) is 2.91. The molecule has 0 aliphatic rings. The summed E-state index contributed by atoms with van der Waals surface area (Å²) in [6.45, 7) is 0.206. The fourth-order valence-corrected chi connectivity index (χ4v) is 2.15. The van der Waals surface area contributed by atoms with Crippen LogP contribution >= 0.6 is 15.9 Å². The minimum atomic E-state index is 0.146. The molecule has 0 saturated heterocycles. The predicted molar refractivity (Wildman–Crippen MR) is 92.4 cm³/mol. The summed E-state index contributed by atoms with van der Waals surface area (Å²) >= 11 is 3.38. The maximum Gasteiger partial charge on any atom is 0.232 e. The lowest BCUT2D eigenvalue weighted by Crippen LogP contribution is -2.09. The molecule has 0 atom stereocenters. The van der Waals surface area contributed by atoms with Gasteiger partial charge in [-0.1, -0.05) is 34.1 Å². The molecule has 7 heteroatoms. The number of nitrogens with zero attached hydrogens (tertiary/aromatic N) is 3. The summed E-state index contributed by atoms with van der Waals surface area (Å²) in [5, 5.41) is 3.09. The van der Waals surface area contributed by atoms with E-state index in [2.05, 4.69) is 36.2 Å². The van der Waals surface area contributed by atoms with Crippen molar-refractivity contribution in [2.45, 2.75) is 6.61 Å². The van der Waals surface area contributed by atoms with Crippen LogP contribution in [-0.2, 0) is 6.61 Å². The first-order valence-corrected chi connectivity index (χ1v) is 7.69. The Bertz CT molecular complexity index is 780. The maximum absolute atomic E-state index is 5.74. The number of aromatic nitrogens is 3. The number of anilines is 3. The van der Waals surface area contributed by atoms with Crippen LogP contribution < -0.4 is 15.8 Å². The van der Waals surface area contributed by atoms with Gasteiger partial charge >= 0.3 is 0 Å². The number of ether oxygens (including phenoxy) is 1. The van der Waals surface area contributed by atoms with E-state index in [-0.39, 0.29) is 12.6 Å². The van der Waals surface area contributed by atoms with Crippen molar-refractivity contribution in [3.8, 4) is 5.75 Å². The van der Waals surface area contributed by atoms with Crippen molar-refractivity contribution in [1.29, 1.82) is 0 Å². The first-order valence-electron chi connectivity index (χ1n) is 6.90. The number of halogens is 1. The number of nitrogens with one attached hydrogen (secondary N) is 1. The van der Waals surface area contributed by atoms with Crippen LogP contribution in [0.25, 0.3) is 0 Å². The van der Waals surface area contributed by atoms with Gasteiger partial charge in [-0.05, 0) is 36.4 Å². The smallest absolute Gasteiger partial charge is 0.232 e. The molecular formula is C16H14BrN5O. The molecule has 0 unspecified atom stereocenters. The number of benzene rings is 2. The zero-order chi connectivity index (χ0) is 16.1. The second-order valence-corrected chi connectivity index (χ2v) is 5.58. The topological polar surface area (TPSA) is 86.0 Å². The molecule has 6 nitrogen and oxygen atoms in total. The normalized spacial score (nSPS) is 10.3. The summed E-state index contributed by atoms with van der Waals surface area (Å²) in [5.74, 6) is 1.72. The highest BCUT2D eigenvalue weighted by Crippen LogP contribution is 2.17. The van der Waals surface area contributed by atoms with Crippen LogP contribution in [0.1, 0.15) is 5.82 Å². The Kier molecular flexibility index (Phi) is 4.68. The average molecular weight is 372 g/mol. The quantitative estimate of drug-likeness (QED) is 0.713. The molecule has 0 aliphatic heterocycles. The second kappa shape index (κ2) is 7.06. The highest BCUT2D eigenvalue weighted by Gasteiger charge is 2.06. The first kappa shape index (κ1) is 15.2. The highest BCUT2D eigenvalue weighted by molar-refractivity contribution is 9.10. The second-order valence-electron chi connectivity index (χ2n) is 4.67. The SMILES string of the molecule is Nc1nc(COc2ccc(Br)cc2)nc(Nc2ccccc2)n1. The lowest BCUT2D eigenvalue weighted by molar-refractivity contribution is 0.296. The van der Waals surface area contributed by atoms with Gasteiger partial charge < -0.3 is 15.8 Å². The van der Waals surface area contributed by atoms with Gasteiger partial charge in [0, 0.05) is 10.2 Å². The summed E-state index contributed by atoms with van der Waals surface area (Å²) in [5.41, 5.74) is 6.61. The van der Waals surface area contributed by atoms with Crippen LogP contribution in [0.2, 0.25) is 0 Å². The van der Waals surface area contributed by atoms with Crippen molar-refractivity contribution in [2.24, 2.45) is 0 Å². The predicted octanol–water partition coefficient (Wildman–Crippen LogP) is 3.54. The van der Waals surface area contributed by atoms with Gasteiger partial charge in [-0.15, -0.1) is 0 Å². The molecule has 0 aliphatic carbocycles. The molecule has 0 spiro atoms. The van der Waals surface area contributed by atoms with Gasteiger partial charge in [-0.3, -0.25) is 0 Å². The molecule has 3 rings (SSSR count). The van der Waals surface area contributed by atoms with Crippen molar-refractivity contribution < 1.29 is 4.74 Å². The fraction of sp³-hybridized carbons (Fsp3) is 0.0625. The number of nitrogens with two attached hydrogens (primary N) is 1. The molecule has 23 heavy (non-hydrogen) atoms. The van der Waals surface area contributed by atoms with E-state index in [1.807, 2.05) is 54.6 Å². The van der Waals surface area contributed by atoms with Crippen LogP contribution in [-0.4, -0.2) is 15.0 Å². The number of hydrogen-bond donors (Lipinski definition) is 2. The monoisotopic (exact) mass is 371 g/mol. The average Bonchev–Trinajstić information content (AvgIpc) is 2.55. The van der Waals surface area contributed by atoms with E-state index in [4.69, 9.17) is 10.5 Å². The van der Waals surface area contributed by atoms with Gasteiger partial charge in [0.2, 0.25) is 11.9 Å². The van der Waals surface area contributed by atoms with Crippen LogP contribution in [0.15, 0.2) is 59.1 Å². The van der Waals surface area contributed by atoms with E-state index in [0.717, 1.165) is 15.9 Å². The highest BCUT2D eigenvalue weighted by atomic mass is 79.9. The molecule has 0 radical (unpaired) electrons. The Hall–Kier alpha value is -2.67. The van der Waals surface area contributed by atoms with Crippen molar-refractivity contribution in [1.82, 2.24) is 15.0 Å². The van der Waals surface area contributed by atoms with Crippen LogP contribution in [0.3, 0.4) is 0 Å². The van der Waals surface area contributed by atoms with Crippen molar-refractivity contribution in [3.05, 3.63) is 64.9 Å². The molecule has 1 heterocycles. The Labute approximate surface area is 141 Å². The number of rotatable bonds is 5. The van der Waals surface area contributed by atoms with E-state index >= 15 is 0 Å². The zero-order valence-corrected chi connectivity index (χ0v) is 13.7. The molecule has 116 valence electrons. The van der Waals surface area contributed by atoms with Crippen molar-refractivity contribution in [3.63, 3.8) is 0 Å². The lowest BCUT2D eigenvalue weighted by Gasteiger charge is -2.08. The molecule has 3 N–H and O–H groups in total. The van der Waals surface area contributed by atoms with Crippen LogP contribution in [0.5, 0.6) is 5.75 Å². The number of nitrogen functional groups attached to an aromatic ring is 1. The fourth-order valence-electron chi connectivity index (χ4n) is 1.89. The summed E-state index contributed by atoms with van der Waals surface area (Å²) in [7, 11) is 0. The van der Waals surface area contributed by atoms with Crippen molar-refractivity contribution >= 4 is 33.5 Å². The van der Waals surface area contributed by atoms with E-state index in [1.54, 1.807) is 0 Å². The van der Waals surface area contributed by atoms with Crippen molar-refractivity contribution in [2.75, 3.05) is 11.1 Å². The molecule has 0 saturated carbocycles. The van der Waals surface area contributed by atoms with E-state index in [0.29, 0.717) is 11.8 Å². The third kappa shape index (κ3) is 4.40. The standard InChI is InChI=1S/C16H14BrN5O/c17-11-6-8-13(9-7-11)23-10-14-20-15(18)22-16(21-14)19-12-4-2-1-3-5-12/h1-9H,10H2,(H3,18,19,20,21,22). The molecular weight excluding hydrogens is 358 g/mol. The minimum absolute atomic E-state index is 0.146. The van der Waals surface area contributed by atoms with Gasteiger partial charge in [0.25, 0.3) is 0 Å². The lowest BCUT2D eigenvalue weighted by atomic mass is 10.3. The minimum Gasteiger partial charge on any atom is -0.486 e. The van der Waals surface area contributed by atoms with E-state index < -0.39 is 0 Å². The van der Waals surface area contributed by atoms with E-state index in [9.17, 15) is 0 Å². The van der Waals surface area contributed by atoms with Gasteiger partial charge in [0.05, 0.1) is 0 Å². The van der Waals surface area contributed by atoms with E-state index in [1.165, 1.54) is 0 Å². The zero-order valence-electron chi connectivity index (χ0n) is 12.1. The number of hydrogen-bond acceptors (Lipinski definition) is 6. The summed E-state index contributed by atoms with van der Waals surface area (Å²) in [4.78, 5) is 12.5. The van der Waals surface area contributed by atoms with Crippen LogP contribution in [0, 0.1) is 0 Å². The summed E-state index contributed by atoms with van der Waals surface area (Å²) < 4.78 is 6.64. The molecule has 0 fully saturated rings. The Balaban J connectivity index is 1.71. The first-order chi connectivity index (χ1) is 11.2.